The first-order chi connectivity index (χ1) is 14.8. The highest BCUT2D eigenvalue weighted by molar-refractivity contribution is 5.95. The van der Waals surface area contributed by atoms with Gasteiger partial charge < -0.3 is 19.7 Å². The molecule has 0 radical (unpaired) electrons. The standard InChI is InChI=1S/C21H21N5O2.CH2O2/c1-13-5-6-17(25(4)12-13)10-23-21(27)16-7-8-26-18(11-22-19(26)9-16)20-14(2)24-28-15(20)3;2-1-3/h5-9,11-12H,10H2,1-4H3;1H,(H,2,3). The van der Waals surface area contributed by atoms with E-state index in [2.05, 4.69) is 15.5 Å². The third-order valence-electron chi connectivity index (χ3n) is 4.88. The molecule has 0 aliphatic carbocycles. The van der Waals surface area contributed by atoms with Crippen LogP contribution in [0.2, 0.25) is 0 Å². The first-order valence-corrected chi connectivity index (χ1v) is 9.55. The average Bonchev–Trinajstić information content (AvgIpc) is 3.29. The topological polar surface area (TPSA) is 116 Å². The number of pyridine rings is 2. The Kier molecular flexibility index (Phi) is 6.44. The van der Waals surface area contributed by atoms with Crippen LogP contribution in [-0.2, 0) is 18.4 Å². The van der Waals surface area contributed by atoms with Crippen LogP contribution < -0.4 is 15.0 Å². The zero-order valence-electron chi connectivity index (χ0n) is 17.7. The van der Waals surface area contributed by atoms with Gasteiger partial charge in [-0.3, -0.25) is 9.20 Å². The summed E-state index contributed by atoms with van der Waals surface area (Å²) in [5.74, 6) is 0.608. The van der Waals surface area contributed by atoms with E-state index in [4.69, 9.17) is 14.4 Å². The maximum atomic E-state index is 12.6. The van der Waals surface area contributed by atoms with E-state index < -0.39 is 6.47 Å². The van der Waals surface area contributed by atoms with Crippen LogP contribution in [0, 0.1) is 20.8 Å². The number of hydrogen-bond donors (Lipinski definition) is 1. The van der Waals surface area contributed by atoms with Crippen molar-refractivity contribution in [2.75, 3.05) is 0 Å². The molecule has 9 heteroatoms. The number of imidazole rings is 1. The number of aryl methyl sites for hydroxylation is 4. The Morgan fingerprint density at radius 1 is 1.29 bits per heavy atom. The fraction of sp³-hybridized carbons (Fsp3) is 0.227. The molecule has 0 fully saturated rings. The van der Waals surface area contributed by atoms with Crippen LogP contribution in [0.15, 0.2) is 47.4 Å². The van der Waals surface area contributed by atoms with Crippen molar-refractivity contribution in [1.82, 2.24) is 19.9 Å². The van der Waals surface area contributed by atoms with Crippen LogP contribution in [0.1, 0.15) is 33.1 Å². The molecule has 4 aromatic heterocycles. The summed E-state index contributed by atoms with van der Waals surface area (Å²) in [5, 5.41) is 15.2. The number of amides is 1. The fourth-order valence-corrected chi connectivity index (χ4v) is 3.39. The molecule has 0 saturated carbocycles. The Labute approximate surface area is 179 Å². The summed E-state index contributed by atoms with van der Waals surface area (Å²) < 4.78 is 9.21. The second kappa shape index (κ2) is 9.21. The molecule has 4 aromatic rings. The highest BCUT2D eigenvalue weighted by Crippen LogP contribution is 2.27. The Bertz CT molecular complexity index is 1220. The summed E-state index contributed by atoms with van der Waals surface area (Å²) in [6.45, 7) is 5.78. The van der Waals surface area contributed by atoms with Crippen molar-refractivity contribution in [3.63, 3.8) is 0 Å². The van der Waals surface area contributed by atoms with Gasteiger partial charge in [0.05, 0.1) is 23.1 Å². The second-order valence-electron chi connectivity index (χ2n) is 7.07. The molecule has 0 aliphatic rings. The predicted octanol–water partition coefficient (Wildman–Crippen LogP) is 1.04. The molecule has 0 aromatic carbocycles. The molecule has 160 valence electrons. The van der Waals surface area contributed by atoms with Crippen LogP contribution in [0.25, 0.3) is 16.9 Å². The molecule has 0 unspecified atom stereocenters. The minimum Gasteiger partial charge on any atom is -0.554 e. The highest BCUT2D eigenvalue weighted by atomic mass is 16.5. The SMILES string of the molecule is Cc1ccc(CNC(=O)c2ccn3c(-c4c(C)noc4C)cnc3c2)[n+](C)c1.O=C[O-]. The minimum atomic E-state index is -0.500. The highest BCUT2D eigenvalue weighted by Gasteiger charge is 2.17. The van der Waals surface area contributed by atoms with Crippen molar-refractivity contribution in [3.05, 3.63) is 71.1 Å². The van der Waals surface area contributed by atoms with E-state index in [0.29, 0.717) is 17.8 Å². The second-order valence-corrected chi connectivity index (χ2v) is 7.07. The van der Waals surface area contributed by atoms with E-state index in [1.54, 1.807) is 18.3 Å². The number of nitrogens with zero attached hydrogens (tertiary/aromatic N) is 4. The van der Waals surface area contributed by atoms with Crippen LogP contribution in [0.3, 0.4) is 0 Å². The summed E-state index contributed by atoms with van der Waals surface area (Å²) in [4.78, 5) is 25.3. The zero-order chi connectivity index (χ0) is 22.5. The molecule has 0 aliphatic heterocycles. The summed E-state index contributed by atoms with van der Waals surface area (Å²) in [5.41, 5.74) is 6.10. The van der Waals surface area contributed by atoms with E-state index >= 15 is 0 Å². The van der Waals surface area contributed by atoms with Crippen molar-refractivity contribution >= 4 is 18.0 Å². The molecule has 4 rings (SSSR count). The lowest BCUT2D eigenvalue weighted by Gasteiger charge is -2.06. The summed E-state index contributed by atoms with van der Waals surface area (Å²) in [6.07, 6.45) is 5.66. The first-order valence-electron chi connectivity index (χ1n) is 9.55. The molecule has 0 bridgehead atoms. The Hall–Kier alpha value is -4.01. The number of carboxylic acid groups (broad SMARTS) is 1. The van der Waals surface area contributed by atoms with Crippen molar-refractivity contribution in [2.45, 2.75) is 27.3 Å². The van der Waals surface area contributed by atoms with E-state index in [0.717, 1.165) is 28.4 Å². The van der Waals surface area contributed by atoms with Gasteiger partial charge in [0, 0.05) is 29.9 Å². The minimum absolute atomic E-state index is 0.134. The third-order valence-corrected chi connectivity index (χ3v) is 4.88. The molecule has 9 nitrogen and oxygen atoms in total. The van der Waals surface area contributed by atoms with E-state index in [-0.39, 0.29) is 5.91 Å². The van der Waals surface area contributed by atoms with Crippen molar-refractivity contribution in [2.24, 2.45) is 7.05 Å². The van der Waals surface area contributed by atoms with Crippen molar-refractivity contribution < 1.29 is 23.8 Å². The largest absolute Gasteiger partial charge is 0.554 e. The summed E-state index contributed by atoms with van der Waals surface area (Å²) in [6, 6.07) is 7.63. The van der Waals surface area contributed by atoms with Crippen LogP contribution in [0.4, 0.5) is 0 Å². The lowest BCUT2D eigenvalue weighted by atomic mass is 10.1. The predicted molar refractivity (Wildman–Crippen MR) is 110 cm³/mol. The van der Waals surface area contributed by atoms with Crippen molar-refractivity contribution in [3.8, 4) is 11.3 Å². The third kappa shape index (κ3) is 4.61. The molecule has 31 heavy (non-hydrogen) atoms. The Balaban J connectivity index is 0.000000858. The van der Waals surface area contributed by atoms with Gasteiger partial charge in [0.25, 0.3) is 5.91 Å². The van der Waals surface area contributed by atoms with Gasteiger partial charge in [-0.1, -0.05) is 5.16 Å². The molecule has 0 saturated heterocycles. The lowest BCUT2D eigenvalue weighted by molar-refractivity contribution is -0.679. The van der Waals surface area contributed by atoms with E-state index in [9.17, 15) is 4.79 Å². The molecule has 4 heterocycles. The smallest absolute Gasteiger partial charge is 0.251 e. The van der Waals surface area contributed by atoms with Gasteiger partial charge in [0.2, 0.25) is 0 Å². The van der Waals surface area contributed by atoms with Gasteiger partial charge in [0.15, 0.2) is 11.9 Å². The number of nitrogens with one attached hydrogen (secondary N) is 1. The molecule has 0 spiro atoms. The summed E-state index contributed by atoms with van der Waals surface area (Å²) in [7, 11) is 1.97. The number of hydrogen-bond acceptors (Lipinski definition) is 6. The molecule has 1 N–H and O–H groups in total. The van der Waals surface area contributed by atoms with E-state index in [1.807, 2.05) is 61.3 Å². The van der Waals surface area contributed by atoms with Gasteiger partial charge in [-0.2, -0.15) is 0 Å². The van der Waals surface area contributed by atoms with Crippen LogP contribution >= 0.6 is 0 Å². The lowest BCUT2D eigenvalue weighted by Crippen LogP contribution is -2.37. The van der Waals surface area contributed by atoms with Crippen LogP contribution in [-0.4, -0.2) is 26.9 Å². The number of aromatic nitrogens is 4. The van der Waals surface area contributed by atoms with Gasteiger partial charge in [-0.15, -0.1) is 0 Å². The number of carbonyl (C=O) groups is 2. The monoisotopic (exact) mass is 421 g/mol. The molecular weight excluding hydrogens is 398 g/mol. The quantitative estimate of drug-likeness (QED) is 0.389. The fourth-order valence-electron chi connectivity index (χ4n) is 3.39. The van der Waals surface area contributed by atoms with Gasteiger partial charge >= 0.3 is 0 Å². The Morgan fingerprint density at radius 3 is 2.68 bits per heavy atom. The number of carbonyl (C=O) groups excluding carboxylic acids is 2. The molecular formula is C22H23N5O4. The average molecular weight is 421 g/mol. The van der Waals surface area contributed by atoms with Crippen molar-refractivity contribution in [1.29, 1.82) is 0 Å². The zero-order valence-corrected chi connectivity index (χ0v) is 17.7. The molecule has 1 amide bonds. The van der Waals surface area contributed by atoms with Gasteiger partial charge in [-0.05, 0) is 39.0 Å². The Morgan fingerprint density at radius 2 is 2.03 bits per heavy atom. The van der Waals surface area contributed by atoms with Gasteiger partial charge in [0.1, 0.15) is 25.0 Å². The summed E-state index contributed by atoms with van der Waals surface area (Å²) >= 11 is 0. The first kappa shape index (κ1) is 21.7. The molecule has 0 atom stereocenters. The number of rotatable bonds is 4. The van der Waals surface area contributed by atoms with Crippen LogP contribution in [0.5, 0.6) is 0 Å². The number of fused-ring (bicyclic) bond motifs is 1. The maximum Gasteiger partial charge on any atom is 0.251 e. The maximum absolute atomic E-state index is 12.6. The van der Waals surface area contributed by atoms with Gasteiger partial charge in [-0.25, -0.2) is 9.55 Å². The van der Waals surface area contributed by atoms with E-state index in [1.165, 1.54) is 5.56 Å². The normalized spacial score (nSPS) is 10.5.